The summed E-state index contributed by atoms with van der Waals surface area (Å²) in [7, 11) is 0. The number of allylic oxidation sites excluding steroid dienone is 2. The van der Waals surface area contributed by atoms with E-state index in [4.69, 9.17) is 28.4 Å². The van der Waals surface area contributed by atoms with E-state index in [2.05, 4.69) is 18.1 Å². The smallest absolute Gasteiger partial charge is 0.459 e. The minimum atomic E-state index is -1.96. The van der Waals surface area contributed by atoms with Crippen LogP contribution in [0.2, 0.25) is 0 Å². The molecule has 18 nitrogen and oxygen atoms in total. The van der Waals surface area contributed by atoms with Crippen molar-refractivity contribution in [3.63, 3.8) is 0 Å². The number of hydrogen-bond donors (Lipinski definition) is 4. The number of benzene rings is 2. The maximum absolute atomic E-state index is 14.5. The number of esters is 2. The number of carbonyl (C=O) groups excluding carboxylic acids is 4. The van der Waals surface area contributed by atoms with E-state index in [0.29, 0.717) is 25.7 Å². The molecule has 0 unspecified atom stereocenters. The molecule has 2 aliphatic rings. The monoisotopic (exact) mass is 938 g/mol. The number of aliphatic hydroxyl groups is 4. The normalized spacial score (nSPS) is 27.7. The maximum Gasteiger partial charge on any atom is 0.508 e. The standard InChI is InChI=1S/C47H58N2O16S/c1-8-11-30-41(65-46(57)61-24-28-15-18-34(32(21-28)49(58)59)63-45-40(54)38(52)39(53)42(64-45)44(56)60-20-9-2)26(4)13-10-12-25(3)14-17-33(29-16-19-35-31(22-29)48-27(5)66-35)62-37(51)23-36(50)47(6,7)43(30)55/h8-9,14-16,18-19,21-22,26,30,33,36,38-42,45,50,52-54H,1-2,10-13,17,20,23-24H2,3-7H3/t26-,30+,33-,36-,38-,39-,40+,41-,42-,45+/m0/s1. The Bertz CT molecular complexity index is 2290. The number of aliphatic hydroxyl groups excluding tert-OH is 4. The molecule has 5 rings (SSSR count). The molecule has 358 valence electrons. The van der Waals surface area contributed by atoms with E-state index in [-0.39, 0.29) is 18.6 Å². The average molecular weight is 939 g/mol. The van der Waals surface area contributed by atoms with Gasteiger partial charge in [0, 0.05) is 12.5 Å². The summed E-state index contributed by atoms with van der Waals surface area (Å²) in [6.07, 6.45) is -7.50. The Kier molecular flexibility index (Phi) is 17.7. The van der Waals surface area contributed by atoms with Crippen LogP contribution in [0.5, 0.6) is 5.75 Å². The van der Waals surface area contributed by atoms with Gasteiger partial charge in [-0.05, 0) is 74.8 Å². The molecule has 0 amide bonds. The number of nitrogens with zero attached hydrogens (tertiary/aromatic N) is 2. The summed E-state index contributed by atoms with van der Waals surface area (Å²) in [4.78, 5) is 69.9. The summed E-state index contributed by atoms with van der Waals surface area (Å²) >= 11 is 1.56. The third-order valence-electron chi connectivity index (χ3n) is 11.8. The van der Waals surface area contributed by atoms with Crippen molar-refractivity contribution in [2.24, 2.45) is 17.3 Å². The number of aromatic nitrogens is 1. The number of ketones is 1. The van der Waals surface area contributed by atoms with Crippen molar-refractivity contribution in [1.29, 1.82) is 0 Å². The van der Waals surface area contributed by atoms with Crippen LogP contribution in [0.4, 0.5) is 10.5 Å². The molecule has 0 spiro atoms. The van der Waals surface area contributed by atoms with Crippen LogP contribution >= 0.6 is 11.3 Å². The number of fused-ring (bicyclic) bond motifs is 1. The van der Waals surface area contributed by atoms with Gasteiger partial charge in [0.15, 0.2) is 11.9 Å². The molecule has 19 heteroatoms. The highest BCUT2D eigenvalue weighted by Crippen LogP contribution is 2.38. The first-order valence-corrected chi connectivity index (χ1v) is 22.4. The van der Waals surface area contributed by atoms with Crippen LogP contribution in [0.1, 0.15) is 88.5 Å². The van der Waals surface area contributed by atoms with E-state index in [9.17, 15) is 49.7 Å². The third kappa shape index (κ3) is 12.6. The predicted octanol–water partition coefficient (Wildman–Crippen LogP) is 6.43. The van der Waals surface area contributed by atoms with Gasteiger partial charge in [0.25, 0.3) is 0 Å². The number of ether oxygens (including phenoxy) is 6. The van der Waals surface area contributed by atoms with E-state index in [1.165, 1.54) is 32.1 Å². The SMILES string of the molecule is C=CCOC(=O)[C@H]1O[C@@H](Oc2ccc(COC(=O)O[C@H]3[C@@H](C)CCCC(C)=CC[C@@H](c4ccc5sc(C)nc5c4)OC(=O)C[C@H](O)C(C)(C)C(=O)[C@@H]3CC=C)cc2[N+](=O)[O-])[C@H](O)[C@@H](O)[C@@H]1O. The lowest BCUT2D eigenvalue weighted by molar-refractivity contribution is -0.387. The molecule has 3 heterocycles. The van der Waals surface area contributed by atoms with E-state index >= 15 is 0 Å². The van der Waals surface area contributed by atoms with Gasteiger partial charge in [-0.3, -0.25) is 19.7 Å². The number of carbonyl (C=O) groups is 4. The van der Waals surface area contributed by atoms with Gasteiger partial charge in [-0.1, -0.05) is 63.3 Å². The molecule has 0 radical (unpaired) electrons. The van der Waals surface area contributed by atoms with Gasteiger partial charge in [0.1, 0.15) is 49.5 Å². The molecule has 2 aromatic carbocycles. The highest BCUT2D eigenvalue weighted by Gasteiger charge is 2.49. The molecule has 4 N–H and O–H groups in total. The zero-order chi connectivity index (χ0) is 48.5. The number of nitro benzene ring substituents is 1. The Labute approximate surface area is 386 Å². The van der Waals surface area contributed by atoms with Crippen molar-refractivity contribution in [2.45, 2.75) is 129 Å². The van der Waals surface area contributed by atoms with Crippen LogP contribution in [0.25, 0.3) is 10.2 Å². The summed E-state index contributed by atoms with van der Waals surface area (Å²) in [6.45, 7) is 15.2. The molecule has 10 atom stereocenters. The Morgan fingerprint density at radius 1 is 1.03 bits per heavy atom. The molecule has 0 bridgehead atoms. The van der Waals surface area contributed by atoms with Crippen molar-refractivity contribution < 1.29 is 72.9 Å². The molecule has 3 aromatic rings. The van der Waals surface area contributed by atoms with Gasteiger partial charge < -0.3 is 48.8 Å². The van der Waals surface area contributed by atoms with Crippen LogP contribution in [0.15, 0.2) is 73.4 Å². The Balaban J connectivity index is 1.33. The molecule has 1 saturated heterocycles. The number of hydrogen-bond acceptors (Lipinski definition) is 18. The second kappa shape index (κ2) is 22.8. The molecule has 2 aliphatic heterocycles. The fourth-order valence-electron chi connectivity index (χ4n) is 7.89. The largest absolute Gasteiger partial charge is 0.508 e. The number of aryl methyl sites for hydroxylation is 1. The number of Topliss-reactive ketones (excluding diaryl/α,β-unsaturated/α-hetero) is 1. The van der Waals surface area contributed by atoms with Crippen LogP contribution in [-0.2, 0) is 44.7 Å². The van der Waals surface area contributed by atoms with Crippen molar-refractivity contribution >= 4 is 51.1 Å². The van der Waals surface area contributed by atoms with Gasteiger partial charge in [-0.2, -0.15) is 0 Å². The molecule has 1 aromatic heterocycles. The molecule has 0 aliphatic carbocycles. The summed E-state index contributed by atoms with van der Waals surface area (Å²) in [5, 5.41) is 55.8. The van der Waals surface area contributed by atoms with Crippen molar-refractivity contribution in [2.75, 3.05) is 6.61 Å². The van der Waals surface area contributed by atoms with E-state index in [0.717, 1.165) is 38.5 Å². The van der Waals surface area contributed by atoms with Gasteiger partial charge in [-0.25, -0.2) is 14.6 Å². The zero-order valence-corrected chi connectivity index (χ0v) is 38.3. The minimum absolute atomic E-state index is 0.0428. The first-order valence-electron chi connectivity index (χ1n) is 21.6. The van der Waals surface area contributed by atoms with Gasteiger partial charge in [-0.15, -0.1) is 17.9 Å². The zero-order valence-electron chi connectivity index (χ0n) is 37.5. The second-order valence-electron chi connectivity index (χ2n) is 17.1. The Morgan fingerprint density at radius 3 is 2.47 bits per heavy atom. The van der Waals surface area contributed by atoms with Crippen LogP contribution in [0, 0.1) is 34.3 Å². The minimum Gasteiger partial charge on any atom is -0.459 e. The van der Waals surface area contributed by atoms with Crippen molar-refractivity contribution in [3.05, 3.63) is 99.6 Å². The lowest BCUT2D eigenvalue weighted by atomic mass is 9.71. The molecule has 0 saturated carbocycles. The van der Waals surface area contributed by atoms with Gasteiger partial charge >= 0.3 is 23.8 Å². The van der Waals surface area contributed by atoms with Crippen LogP contribution in [0.3, 0.4) is 0 Å². The van der Waals surface area contributed by atoms with E-state index in [1.54, 1.807) is 11.3 Å². The lowest BCUT2D eigenvalue weighted by Crippen LogP contribution is -2.61. The summed E-state index contributed by atoms with van der Waals surface area (Å²) in [5.74, 6) is -4.23. The fourth-order valence-corrected chi connectivity index (χ4v) is 8.69. The third-order valence-corrected chi connectivity index (χ3v) is 12.8. The summed E-state index contributed by atoms with van der Waals surface area (Å²) < 4.78 is 34.1. The highest BCUT2D eigenvalue weighted by atomic mass is 32.1. The molecular formula is C47H58N2O16S. The van der Waals surface area contributed by atoms with Crippen LogP contribution in [-0.4, -0.2) is 104 Å². The quantitative estimate of drug-likeness (QED) is 0.0501. The molecule has 66 heavy (non-hydrogen) atoms. The van der Waals surface area contributed by atoms with Crippen molar-refractivity contribution in [3.8, 4) is 5.75 Å². The van der Waals surface area contributed by atoms with E-state index in [1.807, 2.05) is 45.0 Å². The predicted molar refractivity (Wildman–Crippen MR) is 239 cm³/mol. The summed E-state index contributed by atoms with van der Waals surface area (Å²) in [5.41, 5.74) is 0.453. The lowest BCUT2D eigenvalue weighted by Gasteiger charge is -2.38. The first kappa shape index (κ1) is 51.4. The number of thiazole rings is 1. The van der Waals surface area contributed by atoms with E-state index < -0.39 is 120 Å². The number of cyclic esters (lactones) is 1. The highest BCUT2D eigenvalue weighted by molar-refractivity contribution is 7.18. The number of rotatable bonds is 12. The van der Waals surface area contributed by atoms with Crippen molar-refractivity contribution in [1.82, 2.24) is 4.98 Å². The average Bonchev–Trinajstić information content (AvgIpc) is 3.66. The summed E-state index contributed by atoms with van der Waals surface area (Å²) in [6, 6.07) is 9.18. The van der Waals surface area contributed by atoms with Gasteiger partial charge in [0.05, 0.1) is 44.0 Å². The first-order chi connectivity index (χ1) is 31.2. The maximum atomic E-state index is 14.5. The second-order valence-corrected chi connectivity index (χ2v) is 18.4. The van der Waals surface area contributed by atoms with Crippen LogP contribution < -0.4 is 4.74 Å². The topological polar surface area (TPSA) is 261 Å². The number of nitro groups is 1. The Morgan fingerprint density at radius 2 is 1.77 bits per heavy atom. The van der Waals surface area contributed by atoms with Gasteiger partial charge in [0.2, 0.25) is 6.29 Å². The molecular weight excluding hydrogens is 881 g/mol. The molecule has 1 fully saturated rings. The fraction of sp³-hybridized carbons (Fsp3) is 0.511. The Hall–Kier alpha value is -5.57.